The average molecular weight is 291 g/mol. The van der Waals surface area contributed by atoms with Crippen LogP contribution in [0.2, 0.25) is 0 Å². The van der Waals surface area contributed by atoms with Gasteiger partial charge in [-0.3, -0.25) is 0 Å². The van der Waals surface area contributed by atoms with Gasteiger partial charge in [0.05, 0.1) is 11.5 Å². The van der Waals surface area contributed by atoms with Crippen LogP contribution in [0.4, 0.5) is 0 Å². The number of hydrogen-bond donors (Lipinski definition) is 0. The van der Waals surface area contributed by atoms with Crippen LogP contribution in [0.1, 0.15) is 25.0 Å². The average Bonchev–Trinajstić information content (AvgIpc) is 3.19. The zero-order chi connectivity index (χ0) is 13.9. The third-order valence-electron chi connectivity index (χ3n) is 2.73. The molecule has 0 radical (unpaired) electrons. The number of hydrogen-bond acceptors (Lipinski definition) is 7. The van der Waals surface area contributed by atoms with Crippen LogP contribution < -0.4 is 0 Å². The van der Waals surface area contributed by atoms with Gasteiger partial charge in [-0.15, -0.1) is 10.2 Å². The number of nitrogens with zero attached hydrogens (tertiary/aromatic N) is 5. The van der Waals surface area contributed by atoms with E-state index in [0.717, 1.165) is 11.7 Å². The van der Waals surface area contributed by atoms with Crippen molar-refractivity contribution in [1.29, 1.82) is 0 Å². The fourth-order valence-electron chi connectivity index (χ4n) is 1.67. The second-order valence-corrected chi connectivity index (χ2v) is 5.40. The molecule has 0 aromatic carbocycles. The molecule has 0 N–H and O–H groups in total. The number of aryl methyl sites for hydroxylation is 1. The zero-order valence-corrected chi connectivity index (χ0v) is 11.9. The van der Waals surface area contributed by atoms with Crippen molar-refractivity contribution >= 4 is 11.8 Å². The molecule has 20 heavy (non-hydrogen) atoms. The van der Waals surface area contributed by atoms with E-state index in [-0.39, 0.29) is 5.25 Å². The van der Waals surface area contributed by atoms with Gasteiger partial charge >= 0.3 is 0 Å². The molecule has 104 valence electrons. The van der Waals surface area contributed by atoms with Crippen molar-refractivity contribution in [2.75, 3.05) is 0 Å². The maximum Gasteiger partial charge on any atom is 0.240 e. The molecule has 0 aliphatic rings. The Morgan fingerprint density at radius 1 is 1.45 bits per heavy atom. The Kier molecular flexibility index (Phi) is 3.55. The lowest BCUT2D eigenvalue weighted by atomic mass is 10.4. The molecular formula is C12H13N5O2S. The van der Waals surface area contributed by atoms with Crippen molar-refractivity contribution in [3.63, 3.8) is 0 Å². The Bertz CT molecular complexity index is 676. The quantitative estimate of drug-likeness (QED) is 0.668. The van der Waals surface area contributed by atoms with Crippen molar-refractivity contribution < 1.29 is 8.94 Å². The first-order valence-electron chi connectivity index (χ1n) is 6.20. The lowest BCUT2D eigenvalue weighted by Crippen LogP contribution is -1.97. The van der Waals surface area contributed by atoms with E-state index in [9.17, 15) is 0 Å². The van der Waals surface area contributed by atoms with Gasteiger partial charge in [-0.25, -0.2) is 0 Å². The summed E-state index contributed by atoms with van der Waals surface area (Å²) in [5.74, 6) is 1.58. The number of thioether (sulfide) groups is 1. The first-order chi connectivity index (χ1) is 9.78. The van der Waals surface area contributed by atoms with Crippen LogP contribution in [0.5, 0.6) is 0 Å². The van der Waals surface area contributed by atoms with Crippen LogP contribution in [0, 0.1) is 0 Å². The molecule has 3 rings (SSSR count). The van der Waals surface area contributed by atoms with Gasteiger partial charge in [0.15, 0.2) is 10.9 Å². The highest BCUT2D eigenvalue weighted by Crippen LogP contribution is 2.33. The molecule has 7 nitrogen and oxygen atoms in total. The Hall–Kier alpha value is -2.09. The van der Waals surface area contributed by atoms with Gasteiger partial charge in [0.2, 0.25) is 11.7 Å². The molecule has 3 aromatic heterocycles. The minimum atomic E-state index is -0.0132. The molecule has 0 amide bonds. The van der Waals surface area contributed by atoms with Crippen molar-refractivity contribution in [3.05, 3.63) is 30.6 Å². The van der Waals surface area contributed by atoms with Gasteiger partial charge in [0.25, 0.3) is 0 Å². The van der Waals surface area contributed by atoms with E-state index in [0.29, 0.717) is 17.5 Å². The molecule has 1 atom stereocenters. The van der Waals surface area contributed by atoms with Gasteiger partial charge in [-0.1, -0.05) is 16.9 Å². The summed E-state index contributed by atoms with van der Waals surface area (Å²) < 4.78 is 12.5. The van der Waals surface area contributed by atoms with Crippen LogP contribution in [0.3, 0.4) is 0 Å². The molecule has 0 saturated heterocycles. The minimum absolute atomic E-state index is 0.0132. The fraction of sp³-hybridized carbons (Fsp3) is 0.333. The van der Waals surface area contributed by atoms with Gasteiger partial charge in [-0.2, -0.15) is 4.98 Å². The minimum Gasteiger partial charge on any atom is -0.461 e. The van der Waals surface area contributed by atoms with Gasteiger partial charge < -0.3 is 13.5 Å². The zero-order valence-electron chi connectivity index (χ0n) is 11.1. The molecule has 0 fully saturated rings. The van der Waals surface area contributed by atoms with E-state index in [1.54, 1.807) is 24.7 Å². The molecule has 0 aliphatic carbocycles. The SMILES string of the molecule is CCn1cnnc1S[C@H](C)c1nc(-c2ccco2)no1. The molecule has 8 heteroatoms. The normalized spacial score (nSPS) is 12.7. The second kappa shape index (κ2) is 5.49. The van der Waals surface area contributed by atoms with Gasteiger partial charge in [-0.05, 0) is 26.0 Å². The Morgan fingerprint density at radius 2 is 2.35 bits per heavy atom. The lowest BCUT2D eigenvalue weighted by molar-refractivity contribution is 0.379. The lowest BCUT2D eigenvalue weighted by Gasteiger charge is -2.06. The molecule has 0 spiro atoms. The summed E-state index contributed by atoms with van der Waals surface area (Å²) in [6, 6.07) is 3.58. The Balaban J connectivity index is 1.76. The number of aromatic nitrogens is 5. The van der Waals surface area contributed by atoms with E-state index < -0.39 is 0 Å². The highest BCUT2D eigenvalue weighted by molar-refractivity contribution is 7.99. The topological polar surface area (TPSA) is 82.8 Å². The third kappa shape index (κ3) is 2.46. The van der Waals surface area contributed by atoms with E-state index in [1.807, 2.05) is 18.4 Å². The van der Waals surface area contributed by atoms with Crippen LogP contribution in [-0.4, -0.2) is 24.9 Å². The van der Waals surface area contributed by atoms with Crippen molar-refractivity contribution in [2.45, 2.75) is 30.8 Å². The number of rotatable bonds is 5. The van der Waals surface area contributed by atoms with E-state index >= 15 is 0 Å². The maximum absolute atomic E-state index is 5.27. The van der Waals surface area contributed by atoms with Gasteiger partial charge in [0, 0.05) is 6.54 Å². The van der Waals surface area contributed by atoms with Crippen LogP contribution in [0.15, 0.2) is 38.8 Å². The summed E-state index contributed by atoms with van der Waals surface area (Å²) in [7, 11) is 0. The second-order valence-electron chi connectivity index (χ2n) is 4.09. The van der Waals surface area contributed by atoms with E-state index in [2.05, 4.69) is 20.3 Å². The molecule has 0 bridgehead atoms. The largest absolute Gasteiger partial charge is 0.461 e. The Morgan fingerprint density at radius 3 is 3.10 bits per heavy atom. The first kappa shape index (κ1) is 12.9. The molecular weight excluding hydrogens is 278 g/mol. The van der Waals surface area contributed by atoms with E-state index in [4.69, 9.17) is 8.94 Å². The predicted molar refractivity (Wildman–Crippen MR) is 72.0 cm³/mol. The monoisotopic (exact) mass is 291 g/mol. The standard InChI is InChI=1S/C12H13N5O2S/c1-3-17-7-13-15-12(17)20-8(2)11-14-10(16-19-11)9-5-4-6-18-9/h4-8H,3H2,1-2H3/t8-/m1/s1. The van der Waals surface area contributed by atoms with Crippen LogP contribution in [0.25, 0.3) is 11.6 Å². The predicted octanol–water partition coefficient (Wildman–Crippen LogP) is 2.79. The van der Waals surface area contributed by atoms with Crippen molar-refractivity contribution in [3.8, 4) is 11.6 Å². The smallest absolute Gasteiger partial charge is 0.240 e. The van der Waals surface area contributed by atoms with Crippen molar-refractivity contribution in [2.24, 2.45) is 0 Å². The molecule has 0 aliphatic heterocycles. The van der Waals surface area contributed by atoms with Crippen LogP contribution >= 0.6 is 11.8 Å². The first-order valence-corrected chi connectivity index (χ1v) is 7.08. The number of furan rings is 1. The summed E-state index contributed by atoms with van der Waals surface area (Å²) in [6.45, 7) is 4.85. The Labute approximate surface area is 119 Å². The molecule has 3 heterocycles. The summed E-state index contributed by atoms with van der Waals surface area (Å²) >= 11 is 1.53. The van der Waals surface area contributed by atoms with Gasteiger partial charge in [0.1, 0.15) is 6.33 Å². The highest BCUT2D eigenvalue weighted by atomic mass is 32.2. The van der Waals surface area contributed by atoms with Crippen LogP contribution in [-0.2, 0) is 6.54 Å². The highest BCUT2D eigenvalue weighted by Gasteiger charge is 2.19. The summed E-state index contributed by atoms with van der Waals surface area (Å²) in [5.41, 5.74) is 0. The molecule has 0 unspecified atom stereocenters. The van der Waals surface area contributed by atoms with E-state index in [1.165, 1.54) is 11.8 Å². The summed E-state index contributed by atoms with van der Waals surface area (Å²) in [5, 5.41) is 12.7. The molecule has 0 saturated carbocycles. The fourth-order valence-corrected chi connectivity index (χ4v) is 2.59. The third-order valence-corrected chi connectivity index (χ3v) is 3.82. The summed E-state index contributed by atoms with van der Waals surface area (Å²) in [4.78, 5) is 4.34. The summed E-state index contributed by atoms with van der Waals surface area (Å²) in [6.07, 6.45) is 3.28. The maximum atomic E-state index is 5.27. The van der Waals surface area contributed by atoms with Crippen molar-refractivity contribution in [1.82, 2.24) is 24.9 Å². The molecule has 3 aromatic rings.